The maximum Gasteiger partial charge on any atom is 0.258 e. The summed E-state index contributed by atoms with van der Waals surface area (Å²) >= 11 is 5.87. The van der Waals surface area contributed by atoms with Gasteiger partial charge in [-0.25, -0.2) is 18.2 Å². The van der Waals surface area contributed by atoms with Gasteiger partial charge in [-0.15, -0.1) is 0 Å². The highest BCUT2D eigenvalue weighted by atomic mass is 35.5. The molecule has 37 heavy (non-hydrogen) atoms. The summed E-state index contributed by atoms with van der Waals surface area (Å²) in [5, 5.41) is 4.42. The number of carbonyl (C=O) groups is 1. The number of carbonyl (C=O) groups excluding carboxylic acids is 1. The van der Waals surface area contributed by atoms with E-state index in [2.05, 4.69) is 10.5 Å². The standard InChI is InChI=1S/C26H25ClFN3O5S/c1-35-25-15-18(7-12-24(25)36-17-19-4-2-5-21(28)14-19)16-29-30-26(32)23-6-3-13-31(23)37(33,34)22-10-8-20(27)9-11-22/h2,4-5,7-12,14-16,23H,3,6,13,17H2,1H3,(H,30,32)/b29-16-/t23-/m0/s1. The van der Waals surface area contributed by atoms with E-state index >= 15 is 0 Å². The Balaban J connectivity index is 1.39. The third kappa shape index (κ3) is 6.46. The van der Waals surface area contributed by atoms with Gasteiger partial charge >= 0.3 is 0 Å². The fraction of sp³-hybridized carbons (Fsp3) is 0.231. The van der Waals surface area contributed by atoms with Crippen molar-refractivity contribution in [2.24, 2.45) is 5.10 Å². The topological polar surface area (TPSA) is 97.3 Å². The van der Waals surface area contributed by atoms with E-state index in [1.54, 1.807) is 30.3 Å². The van der Waals surface area contributed by atoms with Crippen LogP contribution in [0.25, 0.3) is 0 Å². The number of sulfonamides is 1. The van der Waals surface area contributed by atoms with Crippen LogP contribution < -0.4 is 14.9 Å². The van der Waals surface area contributed by atoms with Crippen LogP contribution in [-0.2, 0) is 21.4 Å². The monoisotopic (exact) mass is 545 g/mol. The number of nitrogens with zero attached hydrogens (tertiary/aromatic N) is 2. The van der Waals surface area contributed by atoms with Gasteiger partial charge in [0.1, 0.15) is 18.5 Å². The van der Waals surface area contributed by atoms with Gasteiger partial charge in [-0.1, -0.05) is 23.7 Å². The molecule has 3 aromatic carbocycles. The molecule has 1 heterocycles. The minimum atomic E-state index is -3.86. The Kier molecular flexibility index (Phi) is 8.42. The number of hydrogen-bond donors (Lipinski definition) is 1. The normalized spacial score (nSPS) is 16.1. The number of rotatable bonds is 9. The molecular weight excluding hydrogens is 521 g/mol. The molecule has 8 nitrogen and oxygen atoms in total. The van der Waals surface area contributed by atoms with Gasteiger partial charge in [-0.3, -0.25) is 4.79 Å². The first-order valence-electron chi connectivity index (χ1n) is 11.4. The number of halogens is 2. The van der Waals surface area contributed by atoms with Crippen molar-refractivity contribution in [3.63, 3.8) is 0 Å². The van der Waals surface area contributed by atoms with Crippen LogP contribution >= 0.6 is 11.6 Å². The van der Waals surface area contributed by atoms with Gasteiger partial charge in [0.15, 0.2) is 11.5 Å². The highest BCUT2D eigenvalue weighted by molar-refractivity contribution is 7.89. The van der Waals surface area contributed by atoms with Gasteiger partial charge in [0.05, 0.1) is 18.2 Å². The summed E-state index contributed by atoms with van der Waals surface area (Å²) in [6.07, 6.45) is 2.37. The summed E-state index contributed by atoms with van der Waals surface area (Å²) in [6, 6.07) is 16.1. The SMILES string of the molecule is COc1cc(/C=N\NC(=O)[C@@H]2CCCN2S(=O)(=O)c2ccc(Cl)cc2)ccc1OCc1cccc(F)c1. The fourth-order valence-corrected chi connectivity index (χ4v) is 5.73. The Morgan fingerprint density at radius 1 is 1.16 bits per heavy atom. The molecule has 1 N–H and O–H groups in total. The molecule has 0 bridgehead atoms. The molecule has 0 aliphatic carbocycles. The van der Waals surface area contributed by atoms with Crippen molar-refractivity contribution in [1.29, 1.82) is 0 Å². The van der Waals surface area contributed by atoms with E-state index in [-0.39, 0.29) is 23.9 Å². The van der Waals surface area contributed by atoms with Crippen molar-refractivity contribution >= 4 is 33.7 Å². The number of methoxy groups -OCH3 is 1. The molecule has 1 amide bonds. The summed E-state index contributed by atoms with van der Waals surface area (Å²) in [4.78, 5) is 12.9. The van der Waals surface area contributed by atoms with Crippen molar-refractivity contribution in [3.8, 4) is 11.5 Å². The summed E-state index contributed by atoms with van der Waals surface area (Å²) < 4.78 is 51.8. The molecule has 4 rings (SSSR count). The number of amides is 1. The number of benzene rings is 3. The first-order chi connectivity index (χ1) is 17.8. The Morgan fingerprint density at radius 3 is 2.68 bits per heavy atom. The highest BCUT2D eigenvalue weighted by Crippen LogP contribution is 2.29. The second kappa shape index (κ2) is 11.7. The van der Waals surface area contributed by atoms with Crippen LogP contribution in [0.1, 0.15) is 24.0 Å². The Bertz CT molecular complexity index is 1400. The van der Waals surface area contributed by atoms with E-state index in [0.29, 0.717) is 40.5 Å². The van der Waals surface area contributed by atoms with Crippen molar-refractivity contribution in [1.82, 2.24) is 9.73 Å². The zero-order chi connectivity index (χ0) is 26.4. The molecule has 11 heteroatoms. The Morgan fingerprint density at radius 2 is 1.95 bits per heavy atom. The van der Waals surface area contributed by atoms with Crippen LogP contribution in [0.3, 0.4) is 0 Å². The van der Waals surface area contributed by atoms with Gasteiger partial charge in [-0.2, -0.15) is 9.41 Å². The zero-order valence-corrected chi connectivity index (χ0v) is 21.5. The molecule has 0 radical (unpaired) electrons. The van der Waals surface area contributed by atoms with Crippen LogP contribution in [0.2, 0.25) is 5.02 Å². The highest BCUT2D eigenvalue weighted by Gasteiger charge is 2.39. The predicted octanol–water partition coefficient (Wildman–Crippen LogP) is 4.37. The lowest BCUT2D eigenvalue weighted by Gasteiger charge is -2.22. The van der Waals surface area contributed by atoms with Crippen molar-refractivity contribution in [3.05, 3.63) is 88.7 Å². The summed E-state index contributed by atoms with van der Waals surface area (Å²) in [5.41, 5.74) is 3.73. The zero-order valence-electron chi connectivity index (χ0n) is 19.9. The number of hydrazone groups is 1. The van der Waals surface area contributed by atoms with Gasteiger partial charge in [0.2, 0.25) is 10.0 Å². The first-order valence-corrected chi connectivity index (χ1v) is 13.3. The van der Waals surface area contributed by atoms with E-state index in [9.17, 15) is 17.6 Å². The summed E-state index contributed by atoms with van der Waals surface area (Å²) in [6.45, 7) is 0.398. The van der Waals surface area contributed by atoms with Gasteiger partial charge < -0.3 is 9.47 Å². The molecule has 0 saturated carbocycles. The number of hydrogen-bond acceptors (Lipinski definition) is 6. The third-order valence-electron chi connectivity index (χ3n) is 5.79. The quantitative estimate of drug-likeness (QED) is 0.318. The summed E-state index contributed by atoms with van der Waals surface area (Å²) in [7, 11) is -2.37. The van der Waals surface area contributed by atoms with Crippen LogP contribution in [0.4, 0.5) is 4.39 Å². The molecular formula is C26H25ClFN3O5S. The smallest absolute Gasteiger partial charge is 0.258 e. The van der Waals surface area contributed by atoms with E-state index < -0.39 is 22.0 Å². The predicted molar refractivity (Wildman–Crippen MR) is 138 cm³/mol. The van der Waals surface area contributed by atoms with E-state index in [1.807, 2.05) is 0 Å². The van der Waals surface area contributed by atoms with Crippen molar-refractivity contribution < 1.29 is 27.1 Å². The summed E-state index contributed by atoms with van der Waals surface area (Å²) in [5.74, 6) is 0.0305. The number of ether oxygens (including phenoxy) is 2. The van der Waals surface area contributed by atoms with Crippen LogP contribution in [0.5, 0.6) is 11.5 Å². The minimum Gasteiger partial charge on any atom is -0.493 e. The van der Waals surface area contributed by atoms with Gasteiger partial charge in [-0.05, 0) is 78.6 Å². The molecule has 1 atom stereocenters. The largest absolute Gasteiger partial charge is 0.493 e. The fourth-order valence-electron chi connectivity index (χ4n) is 3.95. The molecule has 194 valence electrons. The molecule has 1 aliphatic heterocycles. The Hall–Kier alpha value is -3.47. The maximum absolute atomic E-state index is 13.4. The molecule has 3 aromatic rings. The molecule has 1 saturated heterocycles. The van der Waals surface area contributed by atoms with E-state index in [1.165, 1.54) is 54.0 Å². The van der Waals surface area contributed by atoms with Crippen LogP contribution in [0, 0.1) is 5.82 Å². The lowest BCUT2D eigenvalue weighted by atomic mass is 10.2. The van der Waals surface area contributed by atoms with Crippen LogP contribution in [-0.4, -0.2) is 44.5 Å². The van der Waals surface area contributed by atoms with Crippen molar-refractivity contribution in [2.75, 3.05) is 13.7 Å². The maximum atomic E-state index is 13.4. The average molecular weight is 546 g/mol. The number of nitrogens with one attached hydrogen (secondary N) is 1. The van der Waals surface area contributed by atoms with E-state index in [4.69, 9.17) is 21.1 Å². The minimum absolute atomic E-state index is 0.0758. The van der Waals surface area contributed by atoms with Gasteiger partial charge in [0, 0.05) is 11.6 Å². The third-order valence-corrected chi connectivity index (χ3v) is 7.96. The second-order valence-corrected chi connectivity index (χ2v) is 10.6. The lowest BCUT2D eigenvalue weighted by Crippen LogP contribution is -2.44. The molecule has 0 aromatic heterocycles. The second-order valence-electron chi connectivity index (χ2n) is 8.29. The first kappa shape index (κ1) is 26.6. The van der Waals surface area contributed by atoms with Gasteiger partial charge in [0.25, 0.3) is 5.91 Å². The molecule has 0 spiro atoms. The molecule has 1 aliphatic rings. The lowest BCUT2D eigenvalue weighted by molar-refractivity contribution is -0.124. The molecule has 1 fully saturated rings. The Labute approximate surface area is 219 Å². The average Bonchev–Trinajstić information content (AvgIpc) is 3.39. The van der Waals surface area contributed by atoms with Crippen molar-refractivity contribution in [2.45, 2.75) is 30.4 Å². The molecule has 0 unspecified atom stereocenters. The van der Waals surface area contributed by atoms with E-state index in [0.717, 1.165) is 0 Å². The van der Waals surface area contributed by atoms with Crippen LogP contribution in [0.15, 0.2) is 76.7 Å².